The van der Waals surface area contributed by atoms with Gasteiger partial charge in [-0.2, -0.15) is 0 Å². The fourth-order valence-electron chi connectivity index (χ4n) is 2.17. The third kappa shape index (κ3) is 2.82. The average Bonchev–Trinajstić information content (AvgIpc) is 2.64. The smallest absolute Gasteiger partial charge is 0.228 e. The molecule has 2 rings (SSSR count). The molecule has 3 nitrogen and oxygen atoms in total. The highest BCUT2D eigenvalue weighted by molar-refractivity contribution is 7.09. The molecule has 0 aromatic carbocycles. The van der Waals surface area contributed by atoms with E-state index in [2.05, 4.69) is 11.9 Å². The van der Waals surface area contributed by atoms with Crippen molar-refractivity contribution in [3.8, 4) is 0 Å². The van der Waals surface area contributed by atoms with Crippen molar-refractivity contribution in [2.75, 3.05) is 13.1 Å². The van der Waals surface area contributed by atoms with E-state index in [0.717, 1.165) is 30.2 Å². The van der Waals surface area contributed by atoms with Crippen molar-refractivity contribution in [2.24, 2.45) is 5.92 Å². The van der Waals surface area contributed by atoms with E-state index in [1.807, 2.05) is 17.2 Å². The van der Waals surface area contributed by atoms with Crippen molar-refractivity contribution in [3.05, 3.63) is 16.1 Å². The number of thiazole rings is 1. The minimum atomic E-state index is 0.233. The number of carbonyl (C=O) groups excluding carboxylic acids is 1. The highest BCUT2D eigenvalue weighted by Gasteiger charge is 2.21. The molecule has 1 aliphatic heterocycles. The summed E-state index contributed by atoms with van der Waals surface area (Å²) < 4.78 is 0. The van der Waals surface area contributed by atoms with Crippen LogP contribution in [0, 0.1) is 12.8 Å². The Labute approximate surface area is 100 Å². The van der Waals surface area contributed by atoms with Crippen molar-refractivity contribution >= 4 is 17.2 Å². The van der Waals surface area contributed by atoms with Gasteiger partial charge in [0.05, 0.1) is 17.1 Å². The molecule has 0 aliphatic carbocycles. The summed E-state index contributed by atoms with van der Waals surface area (Å²) in [4.78, 5) is 18.3. The summed E-state index contributed by atoms with van der Waals surface area (Å²) in [6.07, 6.45) is 2.86. The fraction of sp³-hybridized carbons (Fsp3) is 0.667. The zero-order valence-electron chi connectivity index (χ0n) is 9.90. The van der Waals surface area contributed by atoms with Crippen molar-refractivity contribution in [1.29, 1.82) is 0 Å². The summed E-state index contributed by atoms with van der Waals surface area (Å²) in [7, 11) is 0. The largest absolute Gasteiger partial charge is 0.342 e. The van der Waals surface area contributed by atoms with Crippen LogP contribution in [0.5, 0.6) is 0 Å². The van der Waals surface area contributed by atoms with Gasteiger partial charge < -0.3 is 4.90 Å². The topological polar surface area (TPSA) is 33.2 Å². The Morgan fingerprint density at radius 3 is 3.12 bits per heavy atom. The van der Waals surface area contributed by atoms with Gasteiger partial charge in [-0.3, -0.25) is 4.79 Å². The number of hydrogen-bond acceptors (Lipinski definition) is 3. The Hall–Kier alpha value is -0.900. The van der Waals surface area contributed by atoms with Crippen LogP contribution in [0.1, 0.15) is 30.5 Å². The second-order valence-electron chi connectivity index (χ2n) is 4.62. The maximum absolute atomic E-state index is 12.0. The number of likely N-dealkylation sites (tertiary alicyclic amines) is 1. The third-order valence-electron chi connectivity index (χ3n) is 3.01. The van der Waals surface area contributed by atoms with E-state index in [9.17, 15) is 4.79 Å². The zero-order chi connectivity index (χ0) is 11.5. The summed E-state index contributed by atoms with van der Waals surface area (Å²) in [6, 6.07) is 0. The van der Waals surface area contributed by atoms with Gasteiger partial charge in [-0.25, -0.2) is 4.98 Å². The lowest BCUT2D eigenvalue weighted by Gasteiger charge is -2.30. The molecule has 0 radical (unpaired) electrons. The molecule has 0 saturated carbocycles. The summed E-state index contributed by atoms with van der Waals surface area (Å²) in [5.74, 6) is 0.881. The predicted octanol–water partition coefficient (Wildman–Crippen LogP) is 2.25. The monoisotopic (exact) mass is 238 g/mol. The van der Waals surface area contributed by atoms with Crippen LogP contribution in [0.25, 0.3) is 0 Å². The van der Waals surface area contributed by atoms with Crippen LogP contribution in [0.2, 0.25) is 0 Å². The van der Waals surface area contributed by atoms with Gasteiger partial charge >= 0.3 is 0 Å². The number of carbonyl (C=O) groups is 1. The normalized spacial score (nSPS) is 21.1. The molecular weight excluding hydrogens is 220 g/mol. The van der Waals surface area contributed by atoms with Crippen molar-refractivity contribution in [2.45, 2.75) is 33.1 Å². The molecule has 1 aromatic heterocycles. The number of hydrogen-bond donors (Lipinski definition) is 0. The number of aryl methyl sites for hydroxylation is 1. The third-order valence-corrected chi connectivity index (χ3v) is 3.83. The molecule has 0 bridgehead atoms. The predicted molar refractivity (Wildman–Crippen MR) is 65.5 cm³/mol. The van der Waals surface area contributed by atoms with E-state index >= 15 is 0 Å². The van der Waals surface area contributed by atoms with Crippen LogP contribution in [0.4, 0.5) is 0 Å². The Bertz CT molecular complexity index is 375. The van der Waals surface area contributed by atoms with Gasteiger partial charge in [0.25, 0.3) is 0 Å². The number of amides is 1. The van der Waals surface area contributed by atoms with Crippen molar-refractivity contribution in [3.63, 3.8) is 0 Å². The second kappa shape index (κ2) is 4.95. The summed E-state index contributed by atoms with van der Waals surface area (Å²) in [5.41, 5.74) is 0.922. The van der Waals surface area contributed by atoms with Gasteiger partial charge in [-0.15, -0.1) is 11.3 Å². The molecule has 1 atom stereocenters. The van der Waals surface area contributed by atoms with E-state index in [0.29, 0.717) is 12.3 Å². The van der Waals surface area contributed by atoms with Crippen LogP contribution < -0.4 is 0 Å². The first-order valence-corrected chi connectivity index (χ1v) is 6.72. The van der Waals surface area contributed by atoms with Crippen molar-refractivity contribution in [1.82, 2.24) is 9.88 Å². The van der Waals surface area contributed by atoms with E-state index < -0.39 is 0 Å². The number of rotatable bonds is 2. The number of piperidine rings is 1. The molecule has 0 unspecified atom stereocenters. The Kier molecular flexibility index (Phi) is 3.59. The van der Waals surface area contributed by atoms with Gasteiger partial charge in [0.2, 0.25) is 5.91 Å². The molecule has 0 spiro atoms. The minimum Gasteiger partial charge on any atom is -0.342 e. The number of nitrogens with zero attached hydrogens (tertiary/aromatic N) is 2. The van der Waals surface area contributed by atoms with E-state index in [1.54, 1.807) is 11.3 Å². The molecule has 16 heavy (non-hydrogen) atoms. The van der Waals surface area contributed by atoms with E-state index in [1.165, 1.54) is 6.42 Å². The highest BCUT2D eigenvalue weighted by Crippen LogP contribution is 2.17. The van der Waals surface area contributed by atoms with Crippen molar-refractivity contribution < 1.29 is 4.79 Å². The lowest BCUT2D eigenvalue weighted by molar-refractivity contribution is -0.132. The van der Waals surface area contributed by atoms with Crippen LogP contribution >= 0.6 is 11.3 Å². The maximum Gasteiger partial charge on any atom is 0.228 e. The number of aromatic nitrogens is 1. The summed E-state index contributed by atoms with van der Waals surface area (Å²) >= 11 is 1.61. The molecule has 1 fully saturated rings. The molecule has 1 amide bonds. The molecule has 4 heteroatoms. The molecule has 0 N–H and O–H groups in total. The Morgan fingerprint density at radius 2 is 2.50 bits per heavy atom. The zero-order valence-corrected chi connectivity index (χ0v) is 10.7. The lowest BCUT2D eigenvalue weighted by Crippen LogP contribution is -2.39. The maximum atomic E-state index is 12.0. The summed E-state index contributed by atoms with van der Waals surface area (Å²) in [6.45, 7) is 6.03. The van der Waals surface area contributed by atoms with Gasteiger partial charge in [-0.1, -0.05) is 6.92 Å². The summed E-state index contributed by atoms with van der Waals surface area (Å²) in [5, 5.41) is 3.02. The quantitative estimate of drug-likeness (QED) is 0.791. The Morgan fingerprint density at radius 1 is 1.69 bits per heavy atom. The van der Waals surface area contributed by atoms with Gasteiger partial charge in [0, 0.05) is 18.5 Å². The van der Waals surface area contributed by atoms with Gasteiger partial charge in [-0.05, 0) is 25.7 Å². The highest BCUT2D eigenvalue weighted by atomic mass is 32.1. The van der Waals surface area contributed by atoms with Gasteiger partial charge in [0.1, 0.15) is 0 Å². The fourth-order valence-corrected chi connectivity index (χ4v) is 2.78. The second-order valence-corrected chi connectivity index (χ2v) is 5.68. The van der Waals surface area contributed by atoms with E-state index in [4.69, 9.17) is 0 Å². The van der Waals surface area contributed by atoms with Gasteiger partial charge in [0.15, 0.2) is 0 Å². The Balaban J connectivity index is 1.92. The molecule has 2 heterocycles. The minimum absolute atomic E-state index is 0.233. The average molecular weight is 238 g/mol. The van der Waals surface area contributed by atoms with Crippen LogP contribution in [-0.4, -0.2) is 28.9 Å². The standard InChI is InChI=1S/C12H18N2OS/c1-9-4-3-5-14(7-9)12(15)6-11-8-16-10(2)13-11/h8-9H,3-7H2,1-2H3/t9-/m0/s1. The van der Waals surface area contributed by atoms with Crippen LogP contribution in [0.3, 0.4) is 0 Å². The first-order chi connectivity index (χ1) is 7.65. The molecule has 1 aromatic rings. The molecule has 88 valence electrons. The molecule has 1 saturated heterocycles. The van der Waals surface area contributed by atoms with E-state index in [-0.39, 0.29) is 5.91 Å². The lowest BCUT2D eigenvalue weighted by atomic mass is 10.00. The molecular formula is C12H18N2OS. The SMILES string of the molecule is Cc1nc(CC(=O)N2CCC[C@H](C)C2)cs1. The first-order valence-electron chi connectivity index (χ1n) is 5.84. The van der Waals surface area contributed by atoms with Crippen LogP contribution in [-0.2, 0) is 11.2 Å². The first kappa shape index (κ1) is 11.6. The molecule has 1 aliphatic rings. The van der Waals surface area contributed by atoms with Crippen LogP contribution in [0.15, 0.2) is 5.38 Å².